The van der Waals surface area contributed by atoms with E-state index in [-0.39, 0.29) is 0 Å². The molecular weight excluding hydrogens is 438 g/mol. The molecule has 4 aromatic rings. The van der Waals surface area contributed by atoms with Crippen LogP contribution in [0.25, 0.3) is 27.3 Å². The first-order chi connectivity index (χ1) is 15.6. The van der Waals surface area contributed by atoms with Gasteiger partial charge >= 0.3 is 0 Å². The second-order valence-corrected chi connectivity index (χ2v) is 9.65. The van der Waals surface area contributed by atoms with Gasteiger partial charge in [0, 0.05) is 52.2 Å². The van der Waals surface area contributed by atoms with Crippen LogP contribution < -0.4 is 0 Å². The number of aromatic nitrogens is 2. The number of halogens is 1. The highest BCUT2D eigenvalue weighted by molar-refractivity contribution is 7.13. The van der Waals surface area contributed by atoms with Crippen molar-refractivity contribution in [3.8, 4) is 27.8 Å². The summed E-state index contributed by atoms with van der Waals surface area (Å²) >= 11 is 7.75. The summed E-state index contributed by atoms with van der Waals surface area (Å²) in [6.45, 7) is 5.17. The molecule has 162 valence electrons. The van der Waals surface area contributed by atoms with Crippen LogP contribution in [0, 0.1) is 11.3 Å². The summed E-state index contributed by atoms with van der Waals surface area (Å²) in [6, 6.07) is 16.3. The zero-order valence-corrected chi connectivity index (χ0v) is 19.5. The minimum atomic E-state index is 0.700. The zero-order chi connectivity index (χ0) is 22.1. The van der Waals surface area contributed by atoms with Crippen molar-refractivity contribution in [1.29, 1.82) is 5.26 Å². The molecule has 1 saturated heterocycles. The van der Waals surface area contributed by atoms with Gasteiger partial charge in [0.15, 0.2) is 0 Å². The molecule has 1 aliphatic rings. The van der Waals surface area contributed by atoms with Crippen molar-refractivity contribution in [2.45, 2.75) is 13.0 Å². The molecule has 5 rings (SSSR count). The predicted molar refractivity (Wildman–Crippen MR) is 131 cm³/mol. The average Bonchev–Trinajstić information content (AvgIpc) is 3.36. The molecule has 0 bridgehead atoms. The second-order valence-electron chi connectivity index (χ2n) is 8.30. The van der Waals surface area contributed by atoms with Gasteiger partial charge < -0.3 is 9.30 Å². The van der Waals surface area contributed by atoms with Crippen LogP contribution >= 0.6 is 22.9 Å². The molecule has 0 radical (unpaired) electrons. The van der Waals surface area contributed by atoms with E-state index in [1.54, 1.807) is 11.3 Å². The summed E-state index contributed by atoms with van der Waals surface area (Å²) in [5.74, 6) is 0. The van der Waals surface area contributed by atoms with Gasteiger partial charge in [-0.1, -0.05) is 23.7 Å². The van der Waals surface area contributed by atoms with Crippen LogP contribution in [0.1, 0.15) is 17.7 Å². The van der Waals surface area contributed by atoms with E-state index in [9.17, 15) is 5.26 Å². The van der Waals surface area contributed by atoms with E-state index in [2.05, 4.69) is 45.6 Å². The third-order valence-corrected chi connectivity index (χ3v) is 7.26. The molecule has 4 heterocycles. The number of imidazole rings is 1. The SMILES string of the molecule is CN1CCCN(Cc2c(-c3ccc(Cl)cc3)nc3ccc(-c4cc(C#N)cs4)cn23)CC1. The first kappa shape index (κ1) is 21.2. The fraction of sp³-hybridized carbons (Fsp3) is 0.280. The lowest BCUT2D eigenvalue weighted by Crippen LogP contribution is -2.29. The number of rotatable bonds is 4. The molecule has 0 aliphatic carbocycles. The largest absolute Gasteiger partial charge is 0.305 e. The Labute approximate surface area is 197 Å². The summed E-state index contributed by atoms with van der Waals surface area (Å²) in [4.78, 5) is 11.0. The van der Waals surface area contributed by atoms with Gasteiger partial charge in [-0.15, -0.1) is 11.3 Å². The molecule has 32 heavy (non-hydrogen) atoms. The van der Waals surface area contributed by atoms with Gasteiger partial charge in [0.1, 0.15) is 11.7 Å². The maximum atomic E-state index is 9.21. The minimum absolute atomic E-state index is 0.700. The van der Waals surface area contributed by atoms with Crippen molar-refractivity contribution in [3.63, 3.8) is 0 Å². The van der Waals surface area contributed by atoms with Crippen LogP contribution in [0.3, 0.4) is 0 Å². The fourth-order valence-corrected chi connectivity index (χ4v) is 5.20. The molecule has 7 heteroatoms. The molecule has 0 amide bonds. The quantitative estimate of drug-likeness (QED) is 0.408. The van der Waals surface area contributed by atoms with Crippen LogP contribution in [0.4, 0.5) is 0 Å². The number of thiophene rings is 1. The molecule has 5 nitrogen and oxygen atoms in total. The molecule has 1 aliphatic heterocycles. The number of pyridine rings is 1. The van der Waals surface area contributed by atoms with E-state index in [1.165, 1.54) is 12.1 Å². The van der Waals surface area contributed by atoms with Crippen molar-refractivity contribution >= 4 is 28.6 Å². The highest BCUT2D eigenvalue weighted by Crippen LogP contribution is 2.31. The average molecular weight is 462 g/mol. The minimum Gasteiger partial charge on any atom is -0.305 e. The summed E-state index contributed by atoms with van der Waals surface area (Å²) in [6.07, 6.45) is 3.33. The number of hydrogen-bond donors (Lipinski definition) is 0. The third kappa shape index (κ3) is 4.30. The van der Waals surface area contributed by atoms with E-state index in [0.717, 1.165) is 65.1 Å². The first-order valence-corrected chi connectivity index (χ1v) is 12.0. The van der Waals surface area contributed by atoms with Gasteiger partial charge in [-0.05, 0) is 56.9 Å². The number of nitriles is 1. The van der Waals surface area contributed by atoms with E-state index >= 15 is 0 Å². The lowest BCUT2D eigenvalue weighted by molar-refractivity contribution is 0.266. The number of fused-ring (bicyclic) bond motifs is 1. The number of nitrogens with zero attached hydrogens (tertiary/aromatic N) is 5. The van der Waals surface area contributed by atoms with Gasteiger partial charge in [0.05, 0.1) is 17.0 Å². The summed E-state index contributed by atoms with van der Waals surface area (Å²) in [5.41, 5.74) is 5.99. The third-order valence-electron chi connectivity index (χ3n) is 6.03. The Morgan fingerprint density at radius 3 is 2.66 bits per heavy atom. The molecular formula is C25H24ClN5S. The maximum Gasteiger partial charge on any atom is 0.137 e. The van der Waals surface area contributed by atoms with Gasteiger partial charge in [-0.2, -0.15) is 5.26 Å². The van der Waals surface area contributed by atoms with Crippen molar-refractivity contribution in [2.24, 2.45) is 0 Å². The molecule has 1 fully saturated rings. The topological polar surface area (TPSA) is 47.6 Å². The smallest absolute Gasteiger partial charge is 0.137 e. The molecule has 0 spiro atoms. The van der Waals surface area contributed by atoms with Crippen molar-refractivity contribution in [1.82, 2.24) is 19.2 Å². The first-order valence-electron chi connectivity index (χ1n) is 10.8. The van der Waals surface area contributed by atoms with Crippen molar-refractivity contribution in [3.05, 3.63) is 70.3 Å². The Hall–Kier alpha value is -2.69. The van der Waals surface area contributed by atoms with Gasteiger partial charge in [-0.3, -0.25) is 4.90 Å². The lowest BCUT2D eigenvalue weighted by Gasteiger charge is -2.20. The number of likely N-dealkylation sites (N-methyl/N-ethyl adjacent to an activating group) is 1. The standard InChI is InChI=1S/C25H24ClN5S/c1-29-9-2-10-30(12-11-29)16-22-25(19-3-6-21(26)7-4-19)28-24-8-5-20(15-31(22)24)23-13-18(14-27)17-32-23/h3-8,13,15,17H,2,9-12,16H2,1H3. The molecule has 0 saturated carbocycles. The van der Waals surface area contributed by atoms with Gasteiger partial charge in [0.25, 0.3) is 0 Å². The number of hydrogen-bond acceptors (Lipinski definition) is 5. The van der Waals surface area contributed by atoms with Crippen LogP contribution in [-0.2, 0) is 6.54 Å². The van der Waals surface area contributed by atoms with Gasteiger partial charge in [0.2, 0.25) is 0 Å². The summed E-state index contributed by atoms with van der Waals surface area (Å²) < 4.78 is 2.22. The van der Waals surface area contributed by atoms with E-state index in [4.69, 9.17) is 16.6 Å². The Bertz CT molecular complexity index is 1280. The Morgan fingerprint density at radius 1 is 1.06 bits per heavy atom. The van der Waals surface area contributed by atoms with Crippen LogP contribution in [0.2, 0.25) is 5.02 Å². The maximum absolute atomic E-state index is 9.21. The molecule has 0 N–H and O–H groups in total. The van der Waals surface area contributed by atoms with E-state index in [0.29, 0.717) is 5.56 Å². The van der Waals surface area contributed by atoms with E-state index in [1.807, 2.05) is 35.7 Å². The summed E-state index contributed by atoms with van der Waals surface area (Å²) in [5, 5.41) is 11.8. The van der Waals surface area contributed by atoms with Crippen LogP contribution in [-0.4, -0.2) is 52.4 Å². The molecule has 3 aromatic heterocycles. The number of benzene rings is 1. The van der Waals surface area contributed by atoms with Crippen LogP contribution in [0.5, 0.6) is 0 Å². The second kappa shape index (κ2) is 9.05. The lowest BCUT2D eigenvalue weighted by atomic mass is 10.1. The molecule has 1 aromatic carbocycles. The zero-order valence-electron chi connectivity index (χ0n) is 18.0. The Kier molecular flexibility index (Phi) is 5.99. The van der Waals surface area contributed by atoms with Crippen molar-refractivity contribution < 1.29 is 0 Å². The highest BCUT2D eigenvalue weighted by atomic mass is 35.5. The Morgan fingerprint density at radius 2 is 1.88 bits per heavy atom. The van der Waals surface area contributed by atoms with Gasteiger partial charge in [-0.25, -0.2) is 4.98 Å². The van der Waals surface area contributed by atoms with E-state index < -0.39 is 0 Å². The predicted octanol–water partition coefficient (Wildman–Crippen LogP) is 5.39. The highest BCUT2D eigenvalue weighted by Gasteiger charge is 2.20. The monoisotopic (exact) mass is 461 g/mol. The molecule has 0 atom stereocenters. The normalized spacial score (nSPS) is 15.7. The fourth-order valence-electron chi connectivity index (χ4n) is 4.25. The van der Waals surface area contributed by atoms with Crippen LogP contribution in [0.15, 0.2) is 54.0 Å². The molecule has 0 unspecified atom stereocenters. The Balaban J connectivity index is 1.60. The van der Waals surface area contributed by atoms with Crippen molar-refractivity contribution in [2.75, 3.05) is 33.2 Å². The summed E-state index contributed by atoms with van der Waals surface area (Å²) in [7, 11) is 2.19.